The lowest BCUT2D eigenvalue weighted by molar-refractivity contribution is -0.163. The molecule has 1 aliphatic heterocycles. The van der Waals surface area contributed by atoms with Crippen LogP contribution in [-0.2, 0) is 25.5 Å². The lowest BCUT2D eigenvalue weighted by atomic mass is 9.78. The molecule has 5 rings (SSSR count). The molecule has 4 atom stereocenters. The lowest BCUT2D eigenvalue weighted by Gasteiger charge is -2.39. The first-order valence-corrected chi connectivity index (χ1v) is 18.3. The number of benzene rings is 3. The second-order valence-corrected chi connectivity index (χ2v) is 13.4. The van der Waals surface area contributed by atoms with Gasteiger partial charge in [-0.2, -0.15) is 0 Å². The number of hydrogen-bond acceptors (Lipinski definition) is 10. The molecule has 1 fully saturated rings. The number of hydrogen-bond donors (Lipinski definition) is 1. The summed E-state index contributed by atoms with van der Waals surface area (Å²) in [6.07, 6.45) is 9.07. The highest BCUT2D eigenvalue weighted by molar-refractivity contribution is 5.90. The third-order valence-electron chi connectivity index (χ3n) is 10.1. The van der Waals surface area contributed by atoms with Gasteiger partial charge in [-0.05, 0) is 110 Å². The number of carboxylic acids is 1. The van der Waals surface area contributed by atoms with E-state index in [1.807, 2.05) is 36.4 Å². The first-order valence-electron chi connectivity index (χ1n) is 18.3. The van der Waals surface area contributed by atoms with Gasteiger partial charge in [-0.25, -0.2) is 9.59 Å². The third kappa shape index (κ3) is 9.58. The van der Waals surface area contributed by atoms with Crippen LogP contribution in [0.25, 0.3) is 0 Å². The molecule has 1 saturated heterocycles. The molecule has 3 aromatic rings. The van der Waals surface area contributed by atoms with Gasteiger partial charge in [0.2, 0.25) is 11.7 Å². The minimum atomic E-state index is -1.10. The number of nitrogens with zero attached hydrogens (tertiary/aromatic N) is 1. The predicted octanol–water partition coefficient (Wildman–Crippen LogP) is 6.93. The van der Waals surface area contributed by atoms with Gasteiger partial charge in [-0.1, -0.05) is 30.4 Å². The molecule has 3 aromatic carbocycles. The number of ether oxygens (including phenoxy) is 7. The van der Waals surface area contributed by atoms with Gasteiger partial charge in [0.1, 0.15) is 17.9 Å². The Morgan fingerprint density at radius 2 is 1.54 bits per heavy atom. The molecule has 0 radical (unpaired) electrons. The van der Waals surface area contributed by atoms with Gasteiger partial charge in [-0.3, -0.25) is 4.79 Å². The second-order valence-electron chi connectivity index (χ2n) is 13.4. The number of methoxy groups -OCH3 is 5. The van der Waals surface area contributed by atoms with Crippen molar-refractivity contribution in [3.63, 3.8) is 0 Å². The van der Waals surface area contributed by atoms with Crippen molar-refractivity contribution < 1.29 is 52.6 Å². The fraction of sp³-hybridized carbons (Fsp3) is 0.452. The number of likely N-dealkylation sites (tertiary alicyclic amines) is 1. The number of carbonyl (C=O) groups is 3. The third-order valence-corrected chi connectivity index (χ3v) is 10.1. The van der Waals surface area contributed by atoms with Crippen LogP contribution in [0.3, 0.4) is 0 Å². The monoisotopic (exact) mass is 745 g/mol. The zero-order chi connectivity index (χ0) is 38.6. The Morgan fingerprint density at radius 1 is 0.796 bits per heavy atom. The summed E-state index contributed by atoms with van der Waals surface area (Å²) in [6.45, 7) is -0.104. The highest BCUT2D eigenvalue weighted by atomic mass is 16.5. The molecular formula is C42H51NO11. The van der Waals surface area contributed by atoms with Crippen LogP contribution in [0.15, 0.2) is 66.7 Å². The van der Waals surface area contributed by atoms with Gasteiger partial charge >= 0.3 is 11.9 Å². The summed E-state index contributed by atoms with van der Waals surface area (Å²) >= 11 is 0. The number of carbonyl (C=O) groups excluding carboxylic acids is 2. The van der Waals surface area contributed by atoms with Crippen molar-refractivity contribution in [2.75, 3.05) is 48.7 Å². The number of amides is 1. The molecule has 1 heterocycles. The normalized spacial score (nSPS) is 17.8. The molecule has 2 aliphatic rings. The molecule has 290 valence electrons. The maximum atomic E-state index is 14.9. The molecule has 1 amide bonds. The van der Waals surface area contributed by atoms with Gasteiger partial charge in [0, 0.05) is 6.54 Å². The van der Waals surface area contributed by atoms with Crippen LogP contribution in [0.1, 0.15) is 73.7 Å². The van der Waals surface area contributed by atoms with E-state index in [-0.39, 0.29) is 11.8 Å². The number of piperidine rings is 1. The van der Waals surface area contributed by atoms with Gasteiger partial charge < -0.3 is 43.2 Å². The smallest absolute Gasteiger partial charge is 0.341 e. The summed E-state index contributed by atoms with van der Waals surface area (Å²) in [7, 11) is 7.78. The molecule has 0 bridgehead atoms. The molecular weight excluding hydrogens is 694 g/mol. The SMILES string of the molecule is COc1ccc(CC[C@@H](OC(=O)[C@@H]2CCCCN2C(=O)[C@H](c2cc(OC)c(OC)c(OC)c2)[C@@H]2C=CCCC2)c2cccc(OCC(=O)O)c2)cc1OC. The summed E-state index contributed by atoms with van der Waals surface area (Å²) in [5.41, 5.74) is 2.30. The molecule has 12 heteroatoms. The molecule has 0 saturated carbocycles. The number of rotatable bonds is 17. The number of esters is 1. The van der Waals surface area contributed by atoms with Crippen LogP contribution >= 0.6 is 0 Å². The number of carboxylic acid groups (broad SMARTS) is 1. The van der Waals surface area contributed by atoms with E-state index in [0.29, 0.717) is 65.9 Å². The van der Waals surface area contributed by atoms with Crippen LogP contribution in [-0.4, -0.2) is 82.6 Å². The largest absolute Gasteiger partial charge is 0.493 e. The summed E-state index contributed by atoms with van der Waals surface area (Å²) in [4.78, 5) is 42.2. The van der Waals surface area contributed by atoms with E-state index in [4.69, 9.17) is 33.2 Å². The lowest BCUT2D eigenvalue weighted by Crippen LogP contribution is -2.51. The average molecular weight is 746 g/mol. The van der Waals surface area contributed by atoms with Gasteiger partial charge in [0.15, 0.2) is 29.6 Å². The Kier molecular flexibility index (Phi) is 14.1. The summed E-state index contributed by atoms with van der Waals surface area (Å²) in [5, 5.41) is 9.18. The second kappa shape index (κ2) is 19.1. The van der Waals surface area contributed by atoms with Crippen LogP contribution in [0.2, 0.25) is 0 Å². The standard InChI is InChI=1S/C42H51NO11/c1-48-34-20-18-27(22-35(34)49-2)17-19-33(29-14-11-15-31(23-29)53-26-38(44)45)54-42(47)32-16-9-10-21-43(32)41(46)39(28-12-7-6-8-13-28)30-24-36(50-3)40(52-5)37(25-30)51-4/h7,11-12,14-15,18,20,22-25,28,32-33,39H,6,8-10,13,16-17,19,21,26H2,1-5H3,(H,44,45)/t28-,32+,33-,39+/m1/s1. The van der Waals surface area contributed by atoms with Crippen molar-refractivity contribution >= 4 is 17.8 Å². The Balaban J connectivity index is 1.46. The Bertz CT molecular complexity index is 1760. The Hall–Kier alpha value is -5.39. The minimum absolute atomic E-state index is 0.101. The molecule has 0 spiro atoms. The first-order chi connectivity index (χ1) is 26.2. The van der Waals surface area contributed by atoms with Gasteiger partial charge in [0.05, 0.1) is 41.5 Å². The van der Waals surface area contributed by atoms with Crippen molar-refractivity contribution in [1.29, 1.82) is 0 Å². The Morgan fingerprint density at radius 3 is 2.19 bits per heavy atom. The number of aryl methyl sites for hydroxylation is 1. The van der Waals surface area contributed by atoms with Crippen molar-refractivity contribution in [3.8, 4) is 34.5 Å². The Labute approximate surface area is 316 Å². The molecule has 1 N–H and O–H groups in total. The van der Waals surface area contributed by atoms with Crippen molar-refractivity contribution in [3.05, 3.63) is 83.4 Å². The van der Waals surface area contributed by atoms with E-state index in [9.17, 15) is 19.5 Å². The minimum Gasteiger partial charge on any atom is -0.493 e. The van der Waals surface area contributed by atoms with Crippen molar-refractivity contribution in [2.45, 2.75) is 69.4 Å². The van der Waals surface area contributed by atoms with Crippen LogP contribution in [0.4, 0.5) is 0 Å². The fourth-order valence-electron chi connectivity index (χ4n) is 7.39. The summed E-state index contributed by atoms with van der Waals surface area (Å²) < 4.78 is 39.6. The topological polar surface area (TPSA) is 139 Å². The first kappa shape index (κ1) is 39.8. The molecule has 0 aromatic heterocycles. The predicted molar refractivity (Wildman–Crippen MR) is 201 cm³/mol. The van der Waals surface area contributed by atoms with Gasteiger partial charge in [0.25, 0.3) is 0 Å². The van der Waals surface area contributed by atoms with Crippen LogP contribution in [0.5, 0.6) is 34.5 Å². The zero-order valence-electron chi connectivity index (χ0n) is 31.7. The maximum Gasteiger partial charge on any atom is 0.341 e. The zero-order valence-corrected chi connectivity index (χ0v) is 31.7. The molecule has 1 aliphatic carbocycles. The summed E-state index contributed by atoms with van der Waals surface area (Å²) in [5.74, 6) is 0.387. The van der Waals surface area contributed by atoms with Gasteiger partial charge in [-0.15, -0.1) is 0 Å². The highest BCUT2D eigenvalue weighted by Gasteiger charge is 2.41. The molecule has 54 heavy (non-hydrogen) atoms. The van der Waals surface area contributed by atoms with E-state index < -0.39 is 36.6 Å². The maximum absolute atomic E-state index is 14.9. The van der Waals surface area contributed by atoms with Crippen LogP contribution in [0, 0.1) is 5.92 Å². The fourth-order valence-corrected chi connectivity index (χ4v) is 7.39. The average Bonchev–Trinajstić information content (AvgIpc) is 3.21. The van der Waals surface area contributed by atoms with Crippen LogP contribution < -0.4 is 28.4 Å². The van der Waals surface area contributed by atoms with Crippen molar-refractivity contribution in [1.82, 2.24) is 4.90 Å². The van der Waals surface area contributed by atoms with E-state index in [2.05, 4.69) is 12.2 Å². The summed E-state index contributed by atoms with van der Waals surface area (Å²) in [6, 6.07) is 15.4. The van der Waals surface area contributed by atoms with Crippen molar-refractivity contribution in [2.24, 2.45) is 5.92 Å². The number of aliphatic carboxylic acids is 1. The highest BCUT2D eigenvalue weighted by Crippen LogP contribution is 2.44. The molecule has 0 unspecified atom stereocenters. The quantitative estimate of drug-likeness (QED) is 0.114. The number of allylic oxidation sites excluding steroid dienone is 2. The molecule has 12 nitrogen and oxygen atoms in total. The van der Waals surface area contributed by atoms with E-state index in [1.165, 1.54) is 7.11 Å². The van der Waals surface area contributed by atoms with E-state index in [0.717, 1.165) is 43.2 Å². The van der Waals surface area contributed by atoms with E-state index in [1.54, 1.807) is 51.5 Å². The van der Waals surface area contributed by atoms with E-state index >= 15 is 0 Å².